The molecule has 1 amide bonds. The quantitative estimate of drug-likeness (QED) is 0.0816. The van der Waals surface area contributed by atoms with Crippen molar-refractivity contribution in [3.63, 3.8) is 0 Å². The SMILES string of the molecule is COOCc1cc([N+](=O)[O-])c2cnn(C(=O)NNc3ccc(NS(=O)(=O)c4cccc(NS(=O)(=O)c5cccc(C)c5)c4)cc3)c2c1. The lowest BCUT2D eigenvalue weighted by Gasteiger charge is -2.13. The molecule has 4 aromatic carbocycles. The normalized spacial score (nSPS) is 11.6. The maximum Gasteiger partial charge on any atom is 0.361 e. The largest absolute Gasteiger partial charge is 0.361 e. The van der Waals surface area contributed by atoms with Gasteiger partial charge in [-0.3, -0.25) is 25.0 Å². The number of aromatic nitrogens is 2. The van der Waals surface area contributed by atoms with E-state index in [2.05, 4.69) is 30.3 Å². The first-order valence-corrected chi connectivity index (χ1v) is 16.5. The number of fused-ring (bicyclic) bond motifs is 1. The molecule has 0 aliphatic carbocycles. The van der Waals surface area contributed by atoms with Gasteiger partial charge in [-0.15, -0.1) is 0 Å². The van der Waals surface area contributed by atoms with Gasteiger partial charge in [-0.05, 0) is 78.7 Å². The maximum absolute atomic E-state index is 13.1. The van der Waals surface area contributed by atoms with Gasteiger partial charge in [0.15, 0.2) is 0 Å². The fourth-order valence-corrected chi connectivity index (χ4v) is 6.68. The van der Waals surface area contributed by atoms with Gasteiger partial charge in [0.05, 0.1) is 50.3 Å². The summed E-state index contributed by atoms with van der Waals surface area (Å²) in [6.07, 6.45) is 1.20. The van der Waals surface area contributed by atoms with Crippen LogP contribution in [0.5, 0.6) is 0 Å². The van der Waals surface area contributed by atoms with Crippen molar-refractivity contribution < 1.29 is 36.3 Å². The Morgan fingerprint density at radius 3 is 2.17 bits per heavy atom. The smallest absolute Gasteiger partial charge is 0.297 e. The number of aryl methyl sites for hydroxylation is 1. The van der Waals surface area contributed by atoms with Crippen LogP contribution >= 0.6 is 0 Å². The van der Waals surface area contributed by atoms with Crippen LogP contribution < -0.4 is 20.3 Å². The Morgan fingerprint density at radius 1 is 0.872 bits per heavy atom. The molecule has 0 unspecified atom stereocenters. The zero-order chi connectivity index (χ0) is 33.8. The van der Waals surface area contributed by atoms with Crippen molar-refractivity contribution in [2.24, 2.45) is 0 Å². The summed E-state index contributed by atoms with van der Waals surface area (Å²) in [5.41, 5.74) is 6.73. The number of carbonyl (C=O) groups is 1. The van der Waals surface area contributed by atoms with Crippen LogP contribution in [0.1, 0.15) is 11.1 Å². The van der Waals surface area contributed by atoms with Crippen LogP contribution in [0.2, 0.25) is 0 Å². The second kappa shape index (κ2) is 13.4. The highest BCUT2D eigenvalue weighted by Gasteiger charge is 2.21. The van der Waals surface area contributed by atoms with Crippen molar-refractivity contribution >= 4 is 59.7 Å². The summed E-state index contributed by atoms with van der Waals surface area (Å²) >= 11 is 0. The molecule has 0 aliphatic rings. The number of sulfonamides is 2. The lowest BCUT2D eigenvalue weighted by molar-refractivity contribution is -0.383. The maximum atomic E-state index is 13.1. The molecule has 4 N–H and O–H groups in total. The van der Waals surface area contributed by atoms with E-state index in [1.807, 2.05) is 0 Å². The van der Waals surface area contributed by atoms with Gasteiger partial charge in [0.2, 0.25) is 0 Å². The number of benzene rings is 4. The van der Waals surface area contributed by atoms with Gasteiger partial charge in [0.25, 0.3) is 25.7 Å². The average Bonchev–Trinajstić information content (AvgIpc) is 3.47. The molecule has 0 spiro atoms. The molecular weight excluding hydrogens is 654 g/mol. The Morgan fingerprint density at radius 2 is 1.51 bits per heavy atom. The van der Waals surface area contributed by atoms with E-state index in [9.17, 15) is 31.7 Å². The molecule has 16 nitrogen and oxygen atoms in total. The number of carbonyl (C=O) groups excluding carboxylic acids is 1. The van der Waals surface area contributed by atoms with E-state index in [0.717, 1.165) is 10.2 Å². The van der Waals surface area contributed by atoms with Gasteiger partial charge in [0.1, 0.15) is 6.61 Å². The summed E-state index contributed by atoms with van der Waals surface area (Å²) in [5, 5.41) is 15.7. The molecule has 18 heteroatoms. The molecule has 0 atom stereocenters. The van der Waals surface area contributed by atoms with Crippen LogP contribution in [0.3, 0.4) is 0 Å². The first kappa shape index (κ1) is 32.8. The molecule has 0 fully saturated rings. The number of anilines is 3. The topological polar surface area (TPSA) is 213 Å². The number of hydrogen-bond donors (Lipinski definition) is 4. The van der Waals surface area contributed by atoms with E-state index in [0.29, 0.717) is 11.3 Å². The summed E-state index contributed by atoms with van der Waals surface area (Å²) in [4.78, 5) is 33.1. The summed E-state index contributed by atoms with van der Waals surface area (Å²) in [7, 11) is -6.79. The van der Waals surface area contributed by atoms with E-state index in [4.69, 9.17) is 4.89 Å². The third-order valence-corrected chi connectivity index (χ3v) is 9.36. The molecule has 244 valence electrons. The van der Waals surface area contributed by atoms with Crippen molar-refractivity contribution in [1.29, 1.82) is 0 Å². The van der Waals surface area contributed by atoms with Crippen molar-refractivity contribution in [1.82, 2.24) is 15.2 Å². The number of rotatable bonds is 12. The van der Waals surface area contributed by atoms with E-state index in [1.54, 1.807) is 19.1 Å². The molecule has 0 aliphatic heterocycles. The molecule has 0 saturated carbocycles. The van der Waals surface area contributed by atoms with E-state index < -0.39 is 31.0 Å². The standard InChI is InChI=1S/C29H27N7O9S2/c1-19-5-3-7-24(13-19)46(40,41)34-23-6-4-8-25(16-23)47(42,43)33-22-11-9-21(10-12-22)31-32-29(37)35-27-14-20(18-45-44-2)15-28(36(38)39)26(27)17-30-35/h3-17,31,33-34H,18H2,1-2H3,(H,32,37). The molecule has 1 heterocycles. The van der Waals surface area contributed by atoms with Crippen molar-refractivity contribution in [2.75, 3.05) is 22.0 Å². The summed E-state index contributed by atoms with van der Waals surface area (Å²) in [6.45, 7) is 1.65. The highest BCUT2D eigenvalue weighted by atomic mass is 32.2. The molecule has 5 aromatic rings. The van der Waals surface area contributed by atoms with Crippen LogP contribution in [-0.4, -0.2) is 44.7 Å². The molecule has 0 radical (unpaired) electrons. The van der Waals surface area contributed by atoms with Gasteiger partial charge in [-0.25, -0.2) is 36.8 Å². The average molecular weight is 682 g/mol. The number of nitro groups is 1. The Hall–Kier alpha value is -5.56. The highest BCUT2D eigenvalue weighted by Crippen LogP contribution is 2.28. The number of amides is 1. The predicted octanol–water partition coefficient (Wildman–Crippen LogP) is 4.52. The van der Waals surface area contributed by atoms with E-state index in [-0.39, 0.29) is 44.4 Å². The molecule has 0 saturated heterocycles. The third kappa shape index (κ3) is 7.64. The predicted molar refractivity (Wildman–Crippen MR) is 171 cm³/mol. The van der Waals surface area contributed by atoms with E-state index in [1.165, 1.54) is 86.1 Å². The number of nitro benzene ring substituents is 1. The van der Waals surface area contributed by atoms with E-state index >= 15 is 0 Å². The van der Waals surface area contributed by atoms with Gasteiger partial charge in [-0.1, -0.05) is 18.2 Å². The number of nitrogens with one attached hydrogen (secondary N) is 4. The Kier molecular flexibility index (Phi) is 9.38. The molecule has 47 heavy (non-hydrogen) atoms. The molecule has 5 rings (SSSR count). The Bertz CT molecular complexity index is 2190. The minimum absolute atomic E-state index is 0.0397. The monoisotopic (exact) mass is 681 g/mol. The Balaban J connectivity index is 1.25. The van der Waals surface area contributed by atoms with Crippen LogP contribution in [0, 0.1) is 17.0 Å². The molecular formula is C29H27N7O9S2. The first-order valence-electron chi connectivity index (χ1n) is 13.6. The first-order chi connectivity index (χ1) is 22.4. The fraction of sp³-hybridized carbons (Fsp3) is 0.103. The number of nitrogens with zero attached hydrogens (tertiary/aromatic N) is 3. The van der Waals surface area contributed by atoms with Gasteiger partial charge in [-0.2, -0.15) is 9.78 Å². The molecule has 1 aromatic heterocycles. The lowest BCUT2D eigenvalue weighted by Crippen LogP contribution is -2.34. The van der Waals surface area contributed by atoms with Crippen LogP contribution in [-0.2, 0) is 36.4 Å². The van der Waals surface area contributed by atoms with Crippen molar-refractivity contribution in [2.45, 2.75) is 23.3 Å². The number of non-ortho nitro benzene ring substituents is 1. The van der Waals surface area contributed by atoms with Gasteiger partial charge >= 0.3 is 6.03 Å². The third-order valence-electron chi connectivity index (χ3n) is 6.61. The number of hydrazine groups is 1. The minimum atomic E-state index is -4.12. The van der Waals surface area contributed by atoms with Gasteiger partial charge in [0, 0.05) is 11.8 Å². The summed E-state index contributed by atoms with van der Waals surface area (Å²) < 4.78 is 57.5. The van der Waals surface area contributed by atoms with Crippen molar-refractivity contribution in [3.05, 3.63) is 112 Å². The molecule has 0 bridgehead atoms. The second-order valence-corrected chi connectivity index (χ2v) is 13.3. The van der Waals surface area contributed by atoms with Crippen LogP contribution in [0.4, 0.5) is 27.5 Å². The summed E-state index contributed by atoms with van der Waals surface area (Å²) in [5.74, 6) is 0. The van der Waals surface area contributed by atoms with Crippen LogP contribution in [0.15, 0.2) is 101 Å². The Labute approximate surface area is 268 Å². The van der Waals surface area contributed by atoms with Crippen LogP contribution in [0.25, 0.3) is 10.9 Å². The van der Waals surface area contributed by atoms with Crippen molar-refractivity contribution in [3.8, 4) is 0 Å². The number of hydrogen-bond acceptors (Lipinski definition) is 11. The lowest BCUT2D eigenvalue weighted by atomic mass is 10.1. The summed E-state index contributed by atoms with van der Waals surface area (Å²) in [6, 6.07) is 19.5. The fourth-order valence-electron chi connectivity index (χ4n) is 4.43. The highest BCUT2D eigenvalue weighted by molar-refractivity contribution is 7.93. The van der Waals surface area contributed by atoms with Gasteiger partial charge < -0.3 is 0 Å². The zero-order valence-corrected chi connectivity index (χ0v) is 26.3. The zero-order valence-electron chi connectivity index (χ0n) is 24.7. The second-order valence-electron chi connectivity index (χ2n) is 9.98. The minimum Gasteiger partial charge on any atom is -0.297 e.